The smallest absolute Gasteiger partial charge is 0.183 e. The van der Waals surface area contributed by atoms with Gasteiger partial charge in [0.15, 0.2) is 11.5 Å². The molecule has 0 amide bonds. The zero-order chi connectivity index (χ0) is 27.2. The zero-order valence-electron chi connectivity index (χ0n) is 22.0. The van der Waals surface area contributed by atoms with Gasteiger partial charge in [-0.05, 0) is 69.6 Å². The first-order valence-corrected chi connectivity index (χ1v) is 14.7. The van der Waals surface area contributed by atoms with Crippen molar-refractivity contribution in [1.29, 1.82) is 5.26 Å². The van der Waals surface area contributed by atoms with Crippen LogP contribution in [0.4, 0.5) is 5.82 Å². The number of nitriles is 1. The van der Waals surface area contributed by atoms with Crippen molar-refractivity contribution in [3.63, 3.8) is 0 Å². The van der Waals surface area contributed by atoms with E-state index in [9.17, 15) is 9.47 Å². The molecular weight excluding hydrogens is 537 g/mol. The van der Waals surface area contributed by atoms with Crippen LogP contribution in [0.15, 0.2) is 42.5 Å². The van der Waals surface area contributed by atoms with E-state index >= 15 is 0 Å². The maximum Gasteiger partial charge on any atom is 0.183 e. The molecular formula is C29H31Cl2N5OS. The van der Waals surface area contributed by atoms with Crippen LogP contribution in [-0.4, -0.2) is 32.0 Å². The Balaban J connectivity index is 1.43. The predicted molar refractivity (Wildman–Crippen MR) is 155 cm³/mol. The predicted octanol–water partition coefficient (Wildman–Crippen LogP) is 6.57. The number of aromatic nitrogens is 2. The van der Waals surface area contributed by atoms with Gasteiger partial charge in [-0.25, -0.2) is 18.9 Å². The molecule has 1 N–H and O–H groups in total. The summed E-state index contributed by atoms with van der Waals surface area (Å²) in [5.41, 5.74) is 4.70. The number of anilines is 1. The van der Waals surface area contributed by atoms with Crippen LogP contribution in [0.5, 0.6) is 0 Å². The van der Waals surface area contributed by atoms with Crippen molar-refractivity contribution < 1.29 is 4.21 Å². The number of benzene rings is 2. The number of halogens is 2. The Bertz CT molecular complexity index is 1450. The number of aryl methyl sites for hydroxylation is 1. The third-order valence-corrected chi connectivity index (χ3v) is 10.1. The minimum absolute atomic E-state index is 0.0107. The molecule has 0 bridgehead atoms. The Labute approximate surface area is 237 Å². The third-order valence-electron chi connectivity index (χ3n) is 7.73. The lowest BCUT2D eigenvalue weighted by atomic mass is 9.73. The minimum Gasteiger partial charge on any atom is -0.354 e. The van der Waals surface area contributed by atoms with Gasteiger partial charge in [-0.1, -0.05) is 59.6 Å². The minimum atomic E-state index is -1.19. The van der Waals surface area contributed by atoms with Gasteiger partial charge in [-0.3, -0.25) is 0 Å². The first kappa shape index (κ1) is 27.1. The van der Waals surface area contributed by atoms with E-state index in [4.69, 9.17) is 28.2 Å². The van der Waals surface area contributed by atoms with E-state index in [-0.39, 0.29) is 21.9 Å². The molecule has 38 heavy (non-hydrogen) atoms. The van der Waals surface area contributed by atoms with Crippen molar-refractivity contribution in [1.82, 2.24) is 14.7 Å². The lowest BCUT2D eigenvalue weighted by Gasteiger charge is -2.44. The Morgan fingerprint density at radius 3 is 2.50 bits per heavy atom. The molecule has 2 heterocycles. The summed E-state index contributed by atoms with van der Waals surface area (Å²) < 4.78 is 16.3. The molecule has 2 aliphatic rings. The fraction of sp³-hybridized carbons (Fsp3) is 0.414. The van der Waals surface area contributed by atoms with Gasteiger partial charge in [0, 0.05) is 18.7 Å². The van der Waals surface area contributed by atoms with Gasteiger partial charge >= 0.3 is 0 Å². The van der Waals surface area contributed by atoms with E-state index in [0.717, 1.165) is 32.4 Å². The molecule has 1 saturated heterocycles. The molecule has 1 fully saturated rings. The molecule has 0 radical (unpaired) electrons. The highest BCUT2D eigenvalue weighted by Crippen LogP contribution is 2.52. The standard InChI is InChI=1S/C29H31Cl2N5OS/c1-18-25(21-10-7-11-22(30)24(21)31)34-23(17-32)27(33-18)36-14-12-29(13-15-36)16-19-8-5-6-9-20(19)26(29)35-38(37)28(2,3)4/h5-11,26,35H,12-16H2,1-4H3/t26-,38?/m1/s1. The van der Waals surface area contributed by atoms with E-state index < -0.39 is 11.0 Å². The number of hydrogen-bond donors (Lipinski definition) is 1. The summed E-state index contributed by atoms with van der Waals surface area (Å²) in [6.45, 7) is 9.33. The number of fused-ring (bicyclic) bond motifs is 1. The molecule has 2 atom stereocenters. The van der Waals surface area contributed by atoms with Crippen LogP contribution in [0, 0.1) is 23.7 Å². The van der Waals surface area contributed by atoms with E-state index in [0.29, 0.717) is 32.8 Å². The average molecular weight is 569 g/mol. The summed E-state index contributed by atoms with van der Waals surface area (Å²) in [6, 6.07) is 16.1. The van der Waals surface area contributed by atoms with Crippen LogP contribution in [0.1, 0.15) is 62.2 Å². The summed E-state index contributed by atoms with van der Waals surface area (Å²) in [4.78, 5) is 11.7. The molecule has 3 aromatic rings. The van der Waals surface area contributed by atoms with Gasteiger partial charge in [-0.15, -0.1) is 0 Å². The molecule has 198 valence electrons. The Morgan fingerprint density at radius 1 is 1.11 bits per heavy atom. The fourth-order valence-electron chi connectivity index (χ4n) is 5.63. The SMILES string of the molecule is Cc1nc(N2CCC3(CC2)Cc2ccccc2[C@H]3NS(=O)C(C)(C)C)c(C#N)nc1-c1cccc(Cl)c1Cl. The van der Waals surface area contributed by atoms with E-state index in [2.05, 4.69) is 44.9 Å². The molecule has 1 aromatic heterocycles. The molecule has 1 unspecified atom stereocenters. The first-order valence-electron chi connectivity index (χ1n) is 12.8. The van der Waals surface area contributed by atoms with Gasteiger partial charge in [0.05, 0.1) is 43.2 Å². The maximum atomic E-state index is 13.2. The van der Waals surface area contributed by atoms with Crippen LogP contribution in [0.25, 0.3) is 11.3 Å². The van der Waals surface area contributed by atoms with Crippen LogP contribution in [0.2, 0.25) is 10.0 Å². The number of rotatable bonds is 4. The van der Waals surface area contributed by atoms with Crippen molar-refractivity contribution in [2.75, 3.05) is 18.0 Å². The number of nitrogens with zero attached hydrogens (tertiary/aromatic N) is 4. The van der Waals surface area contributed by atoms with E-state index in [1.165, 1.54) is 11.1 Å². The van der Waals surface area contributed by atoms with Gasteiger partial charge in [0.25, 0.3) is 0 Å². The third kappa shape index (κ3) is 4.84. The number of nitrogens with one attached hydrogen (secondary N) is 1. The summed E-state index contributed by atoms with van der Waals surface area (Å²) in [5, 5.41) is 10.8. The molecule has 1 aliphatic carbocycles. The topological polar surface area (TPSA) is 81.9 Å². The summed E-state index contributed by atoms with van der Waals surface area (Å²) in [5.74, 6) is 0.597. The van der Waals surface area contributed by atoms with Crippen molar-refractivity contribution in [2.24, 2.45) is 5.41 Å². The van der Waals surface area contributed by atoms with Crippen LogP contribution in [-0.2, 0) is 17.4 Å². The van der Waals surface area contributed by atoms with Crippen LogP contribution >= 0.6 is 23.2 Å². The lowest BCUT2D eigenvalue weighted by molar-refractivity contribution is 0.177. The highest BCUT2D eigenvalue weighted by Gasteiger charge is 2.49. The van der Waals surface area contributed by atoms with E-state index in [1.54, 1.807) is 6.07 Å². The van der Waals surface area contributed by atoms with E-state index in [1.807, 2.05) is 39.8 Å². The van der Waals surface area contributed by atoms with Gasteiger partial charge < -0.3 is 4.90 Å². The number of hydrogen-bond acceptors (Lipinski definition) is 5. The molecule has 2 aromatic carbocycles. The monoisotopic (exact) mass is 567 g/mol. The van der Waals surface area contributed by atoms with Gasteiger partial charge in [-0.2, -0.15) is 5.26 Å². The normalized spacial score (nSPS) is 19.3. The number of piperidine rings is 1. The van der Waals surface area contributed by atoms with Crippen molar-refractivity contribution >= 4 is 40.0 Å². The highest BCUT2D eigenvalue weighted by molar-refractivity contribution is 7.84. The Hall–Kier alpha value is -2.50. The average Bonchev–Trinajstić information content (AvgIpc) is 3.18. The second-order valence-electron chi connectivity index (χ2n) is 11.2. The van der Waals surface area contributed by atoms with Crippen LogP contribution in [0.3, 0.4) is 0 Å². The van der Waals surface area contributed by atoms with Crippen LogP contribution < -0.4 is 9.62 Å². The van der Waals surface area contributed by atoms with Gasteiger partial charge in [0.1, 0.15) is 6.07 Å². The summed E-state index contributed by atoms with van der Waals surface area (Å²) in [6.07, 6.45) is 2.71. The molecule has 6 nitrogen and oxygen atoms in total. The zero-order valence-corrected chi connectivity index (χ0v) is 24.3. The molecule has 0 saturated carbocycles. The summed E-state index contributed by atoms with van der Waals surface area (Å²) >= 11 is 12.7. The quantitative estimate of drug-likeness (QED) is 0.385. The Kier molecular flexibility index (Phi) is 7.30. The Morgan fingerprint density at radius 2 is 1.82 bits per heavy atom. The van der Waals surface area contributed by atoms with Crippen molar-refractivity contribution in [2.45, 2.75) is 57.7 Å². The molecule has 1 aliphatic heterocycles. The lowest BCUT2D eigenvalue weighted by Crippen LogP contribution is -2.48. The summed E-state index contributed by atoms with van der Waals surface area (Å²) in [7, 11) is -1.19. The fourth-order valence-corrected chi connectivity index (χ4v) is 6.97. The van der Waals surface area contributed by atoms with Crippen molar-refractivity contribution in [3.8, 4) is 17.3 Å². The second-order valence-corrected chi connectivity index (χ2v) is 14.0. The molecule has 5 rings (SSSR count). The molecule has 9 heteroatoms. The maximum absolute atomic E-state index is 13.2. The molecule has 1 spiro atoms. The highest BCUT2D eigenvalue weighted by atomic mass is 35.5. The second kappa shape index (κ2) is 10.2. The van der Waals surface area contributed by atoms with Gasteiger partial charge in [0.2, 0.25) is 0 Å². The largest absolute Gasteiger partial charge is 0.354 e. The van der Waals surface area contributed by atoms with Crippen molar-refractivity contribution in [3.05, 3.63) is 75.0 Å². The first-order chi connectivity index (χ1) is 18.0.